The number of pyridine rings is 1. The summed E-state index contributed by atoms with van der Waals surface area (Å²) in [7, 11) is 0. The second-order valence-electron chi connectivity index (χ2n) is 4.91. The van der Waals surface area contributed by atoms with Crippen LogP contribution in [0.4, 0.5) is 0 Å². The van der Waals surface area contributed by atoms with E-state index in [0.717, 1.165) is 26.9 Å². The number of benzene rings is 2. The minimum Gasteiger partial charge on any atom is -0.240 e. The zero-order valence-electron chi connectivity index (χ0n) is 12.2. The van der Waals surface area contributed by atoms with Crippen LogP contribution >= 0.6 is 23.4 Å². The minimum absolute atomic E-state index is 0.585. The van der Waals surface area contributed by atoms with Crippen LogP contribution in [0.1, 0.15) is 11.1 Å². The molecule has 2 nitrogen and oxygen atoms in total. The lowest BCUT2D eigenvalue weighted by Crippen LogP contribution is -1.92. The highest BCUT2D eigenvalue weighted by Gasteiger charge is 2.09. The fourth-order valence-electron chi connectivity index (χ4n) is 2.17. The first kappa shape index (κ1) is 15.6. The van der Waals surface area contributed by atoms with Gasteiger partial charge in [-0.05, 0) is 23.8 Å². The number of thioether (sulfide) groups is 1. The Morgan fingerprint density at radius 3 is 2.43 bits per heavy atom. The highest BCUT2D eigenvalue weighted by atomic mass is 35.5. The van der Waals surface area contributed by atoms with Crippen molar-refractivity contribution in [2.75, 3.05) is 0 Å². The molecule has 0 aliphatic heterocycles. The quantitative estimate of drug-likeness (QED) is 0.585. The zero-order chi connectivity index (χ0) is 16.1. The lowest BCUT2D eigenvalue weighted by molar-refractivity contribution is 1.11. The molecule has 0 atom stereocenters. The summed E-state index contributed by atoms with van der Waals surface area (Å²) in [5, 5.41) is 10.8. The highest BCUT2D eigenvalue weighted by Crippen LogP contribution is 2.29. The van der Waals surface area contributed by atoms with Crippen LogP contribution < -0.4 is 0 Å². The first-order valence-corrected chi connectivity index (χ1v) is 8.47. The van der Waals surface area contributed by atoms with Gasteiger partial charge >= 0.3 is 0 Å². The summed E-state index contributed by atoms with van der Waals surface area (Å²) in [6.45, 7) is 0. The maximum atomic E-state index is 9.30. The Bertz CT molecular complexity index is 857. The van der Waals surface area contributed by atoms with E-state index >= 15 is 0 Å². The van der Waals surface area contributed by atoms with Crippen LogP contribution in [0.25, 0.3) is 11.3 Å². The summed E-state index contributed by atoms with van der Waals surface area (Å²) in [5.74, 6) is 0.680. The summed E-state index contributed by atoms with van der Waals surface area (Å²) in [6, 6.07) is 23.6. The van der Waals surface area contributed by atoms with E-state index in [-0.39, 0.29) is 0 Å². The third-order valence-corrected chi connectivity index (χ3v) is 4.78. The normalized spacial score (nSPS) is 10.3. The average molecular weight is 337 g/mol. The van der Waals surface area contributed by atoms with Crippen LogP contribution in [0.2, 0.25) is 5.02 Å². The summed E-state index contributed by atoms with van der Waals surface area (Å²) < 4.78 is 0. The monoisotopic (exact) mass is 336 g/mol. The second kappa shape index (κ2) is 7.32. The van der Waals surface area contributed by atoms with E-state index in [1.54, 1.807) is 0 Å². The number of nitriles is 1. The van der Waals surface area contributed by atoms with Gasteiger partial charge in [0.1, 0.15) is 11.1 Å². The molecule has 0 aliphatic rings. The Balaban J connectivity index is 1.89. The van der Waals surface area contributed by atoms with Crippen molar-refractivity contribution in [2.24, 2.45) is 0 Å². The van der Waals surface area contributed by atoms with Crippen LogP contribution in [0.3, 0.4) is 0 Å². The van der Waals surface area contributed by atoms with Crippen LogP contribution in [-0.4, -0.2) is 4.98 Å². The van der Waals surface area contributed by atoms with Crippen LogP contribution in [0.15, 0.2) is 71.8 Å². The summed E-state index contributed by atoms with van der Waals surface area (Å²) >= 11 is 7.72. The Labute approximate surface area is 144 Å². The smallest absolute Gasteiger partial charge is 0.115 e. The molecular formula is C19H13ClN2S. The largest absolute Gasteiger partial charge is 0.240 e. The Morgan fingerprint density at radius 1 is 0.957 bits per heavy atom. The number of nitrogens with zero attached hydrogens (tertiary/aromatic N) is 2. The molecule has 0 spiro atoms. The molecule has 0 saturated heterocycles. The SMILES string of the molecule is N#Cc1ccc(-c2ccccc2)nc1SCc1ccccc1Cl. The van der Waals surface area contributed by atoms with Crippen molar-refractivity contribution in [3.8, 4) is 17.3 Å². The lowest BCUT2D eigenvalue weighted by atomic mass is 10.1. The number of rotatable bonds is 4. The molecule has 112 valence electrons. The molecule has 0 radical (unpaired) electrons. The molecule has 3 aromatic rings. The van der Waals surface area contributed by atoms with Gasteiger partial charge in [-0.25, -0.2) is 4.98 Å². The van der Waals surface area contributed by atoms with Crippen molar-refractivity contribution in [3.05, 3.63) is 82.9 Å². The summed E-state index contributed by atoms with van der Waals surface area (Å²) in [4.78, 5) is 4.66. The van der Waals surface area contributed by atoms with Gasteiger partial charge < -0.3 is 0 Å². The molecule has 1 heterocycles. The molecule has 23 heavy (non-hydrogen) atoms. The van der Waals surface area contributed by atoms with Gasteiger partial charge in [-0.1, -0.05) is 60.1 Å². The maximum absolute atomic E-state index is 9.30. The van der Waals surface area contributed by atoms with Crippen molar-refractivity contribution in [1.82, 2.24) is 4.98 Å². The molecule has 2 aromatic carbocycles. The van der Waals surface area contributed by atoms with Gasteiger partial charge in [-0.2, -0.15) is 5.26 Å². The number of aromatic nitrogens is 1. The van der Waals surface area contributed by atoms with Crippen LogP contribution in [-0.2, 0) is 5.75 Å². The van der Waals surface area contributed by atoms with Crippen LogP contribution in [0, 0.1) is 11.3 Å². The fourth-order valence-corrected chi connectivity index (χ4v) is 3.42. The number of hydrogen-bond donors (Lipinski definition) is 0. The molecular weight excluding hydrogens is 324 g/mol. The van der Waals surface area contributed by atoms with E-state index in [2.05, 4.69) is 11.1 Å². The third-order valence-electron chi connectivity index (χ3n) is 3.37. The first-order chi connectivity index (χ1) is 11.3. The predicted octanol–water partition coefficient (Wildman–Crippen LogP) is 5.57. The minimum atomic E-state index is 0.585. The number of halogens is 1. The number of hydrogen-bond acceptors (Lipinski definition) is 3. The van der Waals surface area contributed by atoms with Crippen molar-refractivity contribution in [2.45, 2.75) is 10.8 Å². The van der Waals surface area contributed by atoms with Gasteiger partial charge in [-0.15, -0.1) is 11.8 Å². The first-order valence-electron chi connectivity index (χ1n) is 7.10. The summed E-state index contributed by atoms with van der Waals surface area (Å²) in [6.07, 6.45) is 0. The van der Waals surface area contributed by atoms with E-state index < -0.39 is 0 Å². The average Bonchev–Trinajstić information content (AvgIpc) is 2.61. The third kappa shape index (κ3) is 3.73. The van der Waals surface area contributed by atoms with E-state index in [1.165, 1.54) is 11.8 Å². The van der Waals surface area contributed by atoms with Crippen molar-refractivity contribution in [3.63, 3.8) is 0 Å². The summed E-state index contributed by atoms with van der Waals surface area (Å²) in [5.41, 5.74) is 3.53. The molecule has 0 bridgehead atoms. The maximum Gasteiger partial charge on any atom is 0.115 e. The molecule has 1 aromatic heterocycles. The van der Waals surface area contributed by atoms with Crippen LogP contribution in [0.5, 0.6) is 0 Å². The van der Waals surface area contributed by atoms with Gasteiger partial charge in [0.15, 0.2) is 0 Å². The Kier molecular flexibility index (Phi) is 4.97. The van der Waals surface area contributed by atoms with Crippen molar-refractivity contribution < 1.29 is 0 Å². The lowest BCUT2D eigenvalue weighted by Gasteiger charge is -2.08. The van der Waals surface area contributed by atoms with Gasteiger partial charge in [0, 0.05) is 16.3 Å². The van der Waals surface area contributed by atoms with E-state index in [9.17, 15) is 5.26 Å². The van der Waals surface area contributed by atoms with Gasteiger partial charge in [0.25, 0.3) is 0 Å². The molecule has 4 heteroatoms. The van der Waals surface area contributed by atoms with Gasteiger partial charge in [-0.3, -0.25) is 0 Å². The van der Waals surface area contributed by atoms with Gasteiger partial charge in [0.05, 0.1) is 11.3 Å². The van der Waals surface area contributed by atoms with E-state index in [0.29, 0.717) is 11.3 Å². The molecule has 0 unspecified atom stereocenters. The second-order valence-corrected chi connectivity index (χ2v) is 6.28. The Hall–Kier alpha value is -2.28. The standard InChI is InChI=1S/C19H13ClN2S/c20-17-9-5-4-8-16(17)13-23-19-15(12-21)10-11-18(22-19)14-6-2-1-3-7-14/h1-11H,13H2. The topological polar surface area (TPSA) is 36.7 Å². The predicted molar refractivity (Wildman–Crippen MR) is 95.4 cm³/mol. The molecule has 0 fully saturated rings. The molecule has 0 aliphatic carbocycles. The molecule has 0 amide bonds. The van der Waals surface area contributed by atoms with Crippen molar-refractivity contribution >= 4 is 23.4 Å². The molecule has 0 saturated carbocycles. The van der Waals surface area contributed by atoms with E-state index in [4.69, 9.17) is 11.6 Å². The Morgan fingerprint density at radius 2 is 1.70 bits per heavy atom. The zero-order valence-corrected chi connectivity index (χ0v) is 13.8. The van der Waals surface area contributed by atoms with Crippen molar-refractivity contribution in [1.29, 1.82) is 5.26 Å². The fraction of sp³-hybridized carbons (Fsp3) is 0.0526. The molecule has 3 rings (SSSR count). The molecule has 0 N–H and O–H groups in total. The van der Waals surface area contributed by atoms with E-state index in [1.807, 2.05) is 66.7 Å². The highest BCUT2D eigenvalue weighted by molar-refractivity contribution is 7.98. The van der Waals surface area contributed by atoms with Gasteiger partial charge in [0.2, 0.25) is 0 Å².